The fourth-order valence-corrected chi connectivity index (χ4v) is 1.72. The largest absolute Gasteiger partial charge is 0.454 e. The molecule has 0 aliphatic carbocycles. The van der Waals surface area contributed by atoms with Crippen LogP contribution in [0, 0.1) is 0 Å². The molecule has 0 aromatic rings. The molecule has 1 fully saturated rings. The van der Waals surface area contributed by atoms with Gasteiger partial charge in [-0.3, -0.25) is 4.79 Å². The van der Waals surface area contributed by atoms with E-state index in [0.717, 1.165) is 19.4 Å². The summed E-state index contributed by atoms with van der Waals surface area (Å²) < 4.78 is 6.74. The van der Waals surface area contributed by atoms with Gasteiger partial charge in [0, 0.05) is 6.54 Å². The van der Waals surface area contributed by atoms with Gasteiger partial charge in [-0.15, -0.1) is 0 Å². The van der Waals surface area contributed by atoms with Crippen LogP contribution in [-0.4, -0.2) is 27.6 Å². The van der Waals surface area contributed by atoms with Crippen molar-refractivity contribution in [2.24, 2.45) is 0 Å². The summed E-state index contributed by atoms with van der Waals surface area (Å²) in [4.78, 5) is 11.1. The van der Waals surface area contributed by atoms with Crippen LogP contribution in [-0.2, 0) is 9.53 Å². The van der Waals surface area contributed by atoms with Gasteiger partial charge in [0.15, 0.2) is 0 Å². The quantitative estimate of drug-likeness (QED) is 0.334. The first-order valence-corrected chi connectivity index (χ1v) is 5.27. The lowest BCUT2D eigenvalue weighted by molar-refractivity contribution is -0.144. The van der Waals surface area contributed by atoms with Gasteiger partial charge in [0.2, 0.25) is 0 Å². The van der Waals surface area contributed by atoms with E-state index in [1.165, 1.54) is 4.42 Å². The van der Waals surface area contributed by atoms with Crippen molar-refractivity contribution in [1.82, 2.24) is 4.42 Å². The molecule has 0 unspecified atom stereocenters. The minimum Gasteiger partial charge on any atom is -0.454 e. The second-order valence-electron chi connectivity index (χ2n) is 2.35. The van der Waals surface area contributed by atoms with Gasteiger partial charge >= 0.3 is 5.97 Å². The number of alkyl halides is 1. The Balaban J connectivity index is 2.39. The first kappa shape index (κ1) is 9.54. The Hall–Kier alpha value is 0.450. The minimum absolute atomic E-state index is 0.202. The van der Waals surface area contributed by atoms with Crippen LogP contribution >= 0.6 is 34.4 Å². The minimum atomic E-state index is -0.216. The van der Waals surface area contributed by atoms with Crippen LogP contribution in [0.5, 0.6) is 0 Å². The molecular formula is C6H9ClINO2. The molecule has 64 valence electrons. The SMILES string of the molecule is O=C(OCI)[C@@H]1CCCN1Cl. The van der Waals surface area contributed by atoms with Gasteiger partial charge in [-0.05, 0) is 47.2 Å². The summed E-state index contributed by atoms with van der Waals surface area (Å²) in [5.74, 6) is -0.202. The Bertz CT molecular complexity index is 156. The second kappa shape index (κ2) is 4.47. The molecule has 1 aliphatic heterocycles. The molecule has 1 heterocycles. The van der Waals surface area contributed by atoms with Crippen molar-refractivity contribution < 1.29 is 9.53 Å². The van der Waals surface area contributed by atoms with Crippen molar-refractivity contribution in [3.8, 4) is 0 Å². The average Bonchev–Trinajstić information content (AvgIpc) is 2.36. The molecule has 0 radical (unpaired) electrons. The lowest BCUT2D eigenvalue weighted by Crippen LogP contribution is -2.30. The molecule has 1 atom stereocenters. The van der Waals surface area contributed by atoms with Gasteiger partial charge in [0.05, 0.1) is 0 Å². The van der Waals surface area contributed by atoms with E-state index in [1.54, 1.807) is 0 Å². The fourth-order valence-electron chi connectivity index (χ4n) is 1.11. The number of carbonyl (C=O) groups excluding carboxylic acids is 1. The Morgan fingerprint density at radius 2 is 2.55 bits per heavy atom. The van der Waals surface area contributed by atoms with Crippen LogP contribution in [0.15, 0.2) is 0 Å². The third-order valence-electron chi connectivity index (χ3n) is 1.66. The molecule has 0 spiro atoms. The lowest BCUT2D eigenvalue weighted by Gasteiger charge is -2.13. The van der Waals surface area contributed by atoms with Crippen molar-refractivity contribution in [3.05, 3.63) is 0 Å². The molecule has 1 saturated heterocycles. The highest BCUT2D eigenvalue weighted by Crippen LogP contribution is 2.20. The summed E-state index contributed by atoms with van der Waals surface area (Å²) in [5, 5.41) is 0. The zero-order valence-corrected chi connectivity index (χ0v) is 8.84. The summed E-state index contributed by atoms with van der Waals surface area (Å²) in [6.07, 6.45) is 1.80. The van der Waals surface area contributed by atoms with E-state index in [1.807, 2.05) is 22.6 Å². The van der Waals surface area contributed by atoms with Crippen LogP contribution in [0.25, 0.3) is 0 Å². The summed E-state index contributed by atoms with van der Waals surface area (Å²) in [5.41, 5.74) is 0. The molecule has 0 aromatic carbocycles. The van der Waals surface area contributed by atoms with Crippen LogP contribution in [0.2, 0.25) is 0 Å². The standard InChI is InChI=1S/C6H9ClINO2/c7-9-3-1-2-5(9)6(10)11-4-8/h5H,1-4H2/t5-/m0/s1. The van der Waals surface area contributed by atoms with Crippen LogP contribution < -0.4 is 0 Å². The number of nitrogens with zero attached hydrogens (tertiary/aromatic N) is 1. The van der Waals surface area contributed by atoms with Crippen molar-refractivity contribution >= 4 is 40.3 Å². The molecule has 0 bridgehead atoms. The maximum Gasteiger partial charge on any atom is 0.325 e. The zero-order valence-electron chi connectivity index (χ0n) is 5.93. The first-order chi connectivity index (χ1) is 5.25. The van der Waals surface area contributed by atoms with E-state index >= 15 is 0 Å². The van der Waals surface area contributed by atoms with E-state index in [4.69, 9.17) is 16.5 Å². The number of hydrogen-bond donors (Lipinski definition) is 0. The zero-order chi connectivity index (χ0) is 8.27. The summed E-state index contributed by atoms with van der Waals surface area (Å²) in [7, 11) is 0. The number of hydrogen-bond acceptors (Lipinski definition) is 3. The van der Waals surface area contributed by atoms with E-state index in [2.05, 4.69) is 0 Å². The summed E-state index contributed by atoms with van der Waals surface area (Å²) in [6.45, 7) is 0.780. The van der Waals surface area contributed by atoms with Gasteiger partial charge in [-0.1, -0.05) is 0 Å². The Morgan fingerprint density at radius 1 is 1.82 bits per heavy atom. The smallest absolute Gasteiger partial charge is 0.325 e. The summed E-state index contributed by atoms with van der Waals surface area (Å²) >= 11 is 7.73. The first-order valence-electron chi connectivity index (χ1n) is 3.40. The molecule has 0 amide bonds. The third-order valence-corrected chi connectivity index (χ3v) is 2.37. The highest BCUT2D eigenvalue weighted by atomic mass is 127. The number of carbonyl (C=O) groups is 1. The molecular weight excluding hydrogens is 280 g/mol. The van der Waals surface area contributed by atoms with E-state index in [0.29, 0.717) is 4.61 Å². The van der Waals surface area contributed by atoms with Gasteiger partial charge in [-0.2, -0.15) is 0 Å². The average molecular weight is 290 g/mol. The molecule has 11 heavy (non-hydrogen) atoms. The Kier molecular flexibility index (Phi) is 3.88. The monoisotopic (exact) mass is 289 g/mol. The normalized spacial score (nSPS) is 25.5. The third kappa shape index (κ3) is 2.45. The fraction of sp³-hybridized carbons (Fsp3) is 0.833. The van der Waals surface area contributed by atoms with E-state index in [9.17, 15) is 4.79 Å². The molecule has 0 saturated carbocycles. The predicted octanol–water partition coefficient (Wildman–Crippen LogP) is 1.54. The molecule has 1 aliphatic rings. The molecule has 5 heteroatoms. The molecule has 0 aromatic heterocycles. The summed E-state index contributed by atoms with van der Waals surface area (Å²) in [6, 6.07) is -0.216. The lowest BCUT2D eigenvalue weighted by atomic mass is 10.2. The molecule has 3 nitrogen and oxygen atoms in total. The van der Waals surface area contributed by atoms with Crippen molar-refractivity contribution in [2.45, 2.75) is 18.9 Å². The maximum absolute atomic E-state index is 11.1. The number of ether oxygens (including phenoxy) is 1. The molecule has 0 N–H and O–H groups in total. The topological polar surface area (TPSA) is 29.5 Å². The molecule has 1 rings (SSSR count). The predicted molar refractivity (Wildman–Crippen MR) is 50.6 cm³/mol. The van der Waals surface area contributed by atoms with Crippen molar-refractivity contribution in [1.29, 1.82) is 0 Å². The Labute approximate surface area is 84.3 Å². The Morgan fingerprint density at radius 3 is 3.00 bits per heavy atom. The van der Waals surface area contributed by atoms with E-state index in [-0.39, 0.29) is 12.0 Å². The van der Waals surface area contributed by atoms with Crippen molar-refractivity contribution in [3.63, 3.8) is 0 Å². The number of halogens is 2. The van der Waals surface area contributed by atoms with Crippen molar-refractivity contribution in [2.75, 3.05) is 11.2 Å². The highest BCUT2D eigenvalue weighted by Gasteiger charge is 2.30. The van der Waals surface area contributed by atoms with Gasteiger partial charge in [-0.25, -0.2) is 4.42 Å². The maximum atomic E-state index is 11.1. The van der Waals surface area contributed by atoms with E-state index < -0.39 is 0 Å². The van der Waals surface area contributed by atoms with Gasteiger partial charge < -0.3 is 4.74 Å². The number of esters is 1. The highest BCUT2D eigenvalue weighted by molar-refractivity contribution is 14.1. The number of rotatable bonds is 2. The van der Waals surface area contributed by atoms with Gasteiger partial charge in [0.25, 0.3) is 0 Å². The van der Waals surface area contributed by atoms with Crippen LogP contribution in [0.4, 0.5) is 0 Å². The van der Waals surface area contributed by atoms with Crippen LogP contribution in [0.3, 0.4) is 0 Å². The second-order valence-corrected chi connectivity index (χ2v) is 3.41. The van der Waals surface area contributed by atoms with Gasteiger partial charge in [0.1, 0.15) is 10.7 Å². The van der Waals surface area contributed by atoms with Crippen LogP contribution in [0.1, 0.15) is 12.8 Å².